The number of nitrogens with zero attached hydrogens (tertiary/aromatic N) is 3. The Morgan fingerprint density at radius 2 is 1.93 bits per heavy atom. The minimum Gasteiger partial charge on any atom is -0.408 e. The van der Waals surface area contributed by atoms with Crippen LogP contribution in [0.1, 0.15) is 30.1 Å². The third kappa shape index (κ3) is 4.38. The molecule has 2 heterocycles. The van der Waals surface area contributed by atoms with Crippen LogP contribution in [0, 0.1) is 0 Å². The molecule has 0 aliphatic carbocycles. The van der Waals surface area contributed by atoms with E-state index in [-0.39, 0.29) is 0 Å². The van der Waals surface area contributed by atoms with E-state index in [0.29, 0.717) is 17.2 Å². The summed E-state index contributed by atoms with van der Waals surface area (Å²) in [7, 11) is 2.02. The molecular formula is C22H25ClN4O2. The summed E-state index contributed by atoms with van der Waals surface area (Å²) in [5.74, 6) is 1.84. The zero-order chi connectivity index (χ0) is 20.4. The molecule has 0 unspecified atom stereocenters. The Hall–Kier alpha value is -2.57. The molecule has 4 rings (SSSR count). The summed E-state index contributed by atoms with van der Waals surface area (Å²) < 4.78 is 7.24. The number of nitrogens with two attached hydrogens (primary N) is 1. The quantitative estimate of drug-likeness (QED) is 0.684. The van der Waals surface area contributed by atoms with Crippen molar-refractivity contribution in [3.8, 4) is 5.75 Å². The van der Waals surface area contributed by atoms with E-state index in [1.54, 1.807) is 6.07 Å². The minimum absolute atomic E-state index is 0.389. The van der Waals surface area contributed by atoms with Crippen LogP contribution in [0.5, 0.6) is 5.75 Å². The van der Waals surface area contributed by atoms with E-state index in [4.69, 9.17) is 27.1 Å². The average molecular weight is 413 g/mol. The molecule has 0 spiro atoms. The van der Waals surface area contributed by atoms with Gasteiger partial charge in [0.1, 0.15) is 11.3 Å². The monoisotopic (exact) mass is 412 g/mol. The third-order valence-electron chi connectivity index (χ3n) is 5.70. The smallest absolute Gasteiger partial charge is 0.408 e. The molecule has 3 aromatic rings. The van der Waals surface area contributed by atoms with Crippen molar-refractivity contribution in [1.29, 1.82) is 0 Å². The van der Waals surface area contributed by atoms with Gasteiger partial charge in [0, 0.05) is 24.5 Å². The zero-order valence-corrected chi connectivity index (χ0v) is 17.2. The molecule has 0 radical (unpaired) electrons. The number of ether oxygens (including phenoxy) is 1. The number of hydrogen-bond donors (Lipinski definition) is 1. The van der Waals surface area contributed by atoms with E-state index in [2.05, 4.69) is 21.6 Å². The van der Waals surface area contributed by atoms with Crippen molar-refractivity contribution < 1.29 is 9.53 Å². The van der Waals surface area contributed by atoms with E-state index in [1.807, 2.05) is 31.3 Å². The number of likely N-dealkylation sites (tertiary alicyclic amines) is 1. The lowest BCUT2D eigenvalue weighted by atomic mass is 9.95. The minimum atomic E-state index is -0.821. The fourth-order valence-electron chi connectivity index (χ4n) is 4.12. The highest BCUT2D eigenvalue weighted by molar-refractivity contribution is 6.30. The molecule has 1 aliphatic rings. The first-order valence-corrected chi connectivity index (χ1v) is 10.3. The Balaban J connectivity index is 1.41. The second-order valence-corrected chi connectivity index (χ2v) is 8.00. The van der Waals surface area contributed by atoms with E-state index in [9.17, 15) is 4.79 Å². The number of primary amides is 1. The van der Waals surface area contributed by atoms with Gasteiger partial charge in [-0.25, -0.2) is 9.78 Å². The van der Waals surface area contributed by atoms with Gasteiger partial charge in [-0.15, -0.1) is 0 Å². The summed E-state index contributed by atoms with van der Waals surface area (Å²) in [6.07, 6.45) is 2.33. The number of carbonyl (C=O) groups excluding carboxylic acids is 1. The van der Waals surface area contributed by atoms with Crippen LogP contribution in [0.2, 0.25) is 5.02 Å². The van der Waals surface area contributed by atoms with Gasteiger partial charge in [-0.2, -0.15) is 0 Å². The van der Waals surface area contributed by atoms with Crippen LogP contribution in [0.25, 0.3) is 11.0 Å². The van der Waals surface area contributed by atoms with Gasteiger partial charge in [0.2, 0.25) is 0 Å². The van der Waals surface area contributed by atoms with Gasteiger partial charge in [-0.1, -0.05) is 29.8 Å². The van der Waals surface area contributed by atoms with Crippen LogP contribution < -0.4 is 10.5 Å². The Bertz CT molecular complexity index is 1010. The molecular weight excluding hydrogens is 388 g/mol. The molecule has 6 nitrogen and oxygen atoms in total. The number of rotatable bonds is 5. The molecule has 0 bridgehead atoms. The standard InChI is InChI=1S/C22H25ClN4O2/c1-26-18-3-2-4-19(29-22(24)28)20(18)25-21(26)16-10-13-27(14-11-16)12-9-15-5-7-17(23)8-6-15/h2-8,16H,9-14H2,1H3,(H2,24,28). The summed E-state index contributed by atoms with van der Waals surface area (Å²) in [6, 6.07) is 13.7. The number of aryl methyl sites for hydroxylation is 1. The SMILES string of the molecule is Cn1c(C2CCN(CCc3ccc(Cl)cc3)CC2)nc2c(OC(N)=O)cccc21. The second kappa shape index (κ2) is 8.43. The number of hydrogen-bond acceptors (Lipinski definition) is 4. The Morgan fingerprint density at radius 3 is 2.62 bits per heavy atom. The largest absolute Gasteiger partial charge is 0.410 e. The fourth-order valence-corrected chi connectivity index (χ4v) is 4.24. The van der Waals surface area contributed by atoms with Crippen LogP contribution in [0.15, 0.2) is 42.5 Å². The van der Waals surface area contributed by atoms with Gasteiger partial charge in [0.15, 0.2) is 5.75 Å². The molecule has 1 saturated heterocycles. The number of amides is 1. The summed E-state index contributed by atoms with van der Waals surface area (Å²) in [5, 5.41) is 0.779. The fraction of sp³-hybridized carbons (Fsp3) is 0.364. The highest BCUT2D eigenvalue weighted by atomic mass is 35.5. The maximum atomic E-state index is 11.2. The van der Waals surface area contributed by atoms with Crippen molar-refractivity contribution in [1.82, 2.24) is 14.5 Å². The predicted octanol–water partition coefficient (Wildman–Crippen LogP) is 4.11. The van der Waals surface area contributed by atoms with Crippen molar-refractivity contribution >= 4 is 28.7 Å². The molecule has 7 heteroatoms. The number of piperidine rings is 1. The lowest BCUT2D eigenvalue weighted by Crippen LogP contribution is -2.35. The molecule has 0 atom stereocenters. The van der Waals surface area contributed by atoms with Gasteiger partial charge in [-0.3, -0.25) is 0 Å². The molecule has 2 aromatic carbocycles. The summed E-state index contributed by atoms with van der Waals surface area (Å²) in [6.45, 7) is 3.14. The number of imidazole rings is 1. The first-order chi connectivity index (χ1) is 14.0. The van der Waals surface area contributed by atoms with Gasteiger partial charge < -0.3 is 19.9 Å². The molecule has 1 aromatic heterocycles. The van der Waals surface area contributed by atoms with Crippen molar-refractivity contribution in [3.63, 3.8) is 0 Å². The van der Waals surface area contributed by atoms with E-state index < -0.39 is 6.09 Å². The average Bonchev–Trinajstić information content (AvgIpc) is 3.05. The van der Waals surface area contributed by atoms with Gasteiger partial charge in [0.25, 0.3) is 0 Å². The number of benzene rings is 2. The Labute approximate surface area is 175 Å². The van der Waals surface area contributed by atoms with Crippen molar-refractivity contribution in [3.05, 3.63) is 58.9 Å². The summed E-state index contributed by atoms with van der Waals surface area (Å²) in [4.78, 5) is 18.5. The van der Waals surface area contributed by atoms with Crippen LogP contribution >= 0.6 is 11.6 Å². The molecule has 0 saturated carbocycles. The normalized spacial score (nSPS) is 15.7. The molecule has 29 heavy (non-hydrogen) atoms. The number of para-hydroxylation sites is 1. The number of halogens is 1. The molecule has 1 amide bonds. The first-order valence-electron chi connectivity index (χ1n) is 9.90. The number of aromatic nitrogens is 2. The van der Waals surface area contributed by atoms with E-state index in [1.165, 1.54) is 5.56 Å². The zero-order valence-electron chi connectivity index (χ0n) is 16.5. The molecule has 2 N–H and O–H groups in total. The third-order valence-corrected chi connectivity index (χ3v) is 5.95. The Kier molecular flexibility index (Phi) is 5.74. The molecule has 1 aliphatic heterocycles. The van der Waals surface area contributed by atoms with Gasteiger partial charge in [0.05, 0.1) is 5.52 Å². The number of carbonyl (C=O) groups is 1. The molecule has 1 fully saturated rings. The summed E-state index contributed by atoms with van der Waals surface area (Å²) in [5.41, 5.74) is 8.14. The Morgan fingerprint density at radius 1 is 1.21 bits per heavy atom. The first kappa shape index (κ1) is 19.7. The van der Waals surface area contributed by atoms with Crippen molar-refractivity contribution in [2.45, 2.75) is 25.2 Å². The van der Waals surface area contributed by atoms with Crippen LogP contribution in [0.3, 0.4) is 0 Å². The molecule has 152 valence electrons. The van der Waals surface area contributed by atoms with Crippen LogP contribution in [0.4, 0.5) is 4.79 Å². The van der Waals surface area contributed by atoms with Crippen molar-refractivity contribution in [2.75, 3.05) is 19.6 Å². The van der Waals surface area contributed by atoms with Crippen LogP contribution in [-0.4, -0.2) is 40.2 Å². The lowest BCUT2D eigenvalue weighted by Gasteiger charge is -2.31. The van der Waals surface area contributed by atoms with Crippen LogP contribution in [-0.2, 0) is 13.5 Å². The lowest BCUT2D eigenvalue weighted by molar-refractivity contribution is 0.210. The van der Waals surface area contributed by atoms with Crippen molar-refractivity contribution in [2.24, 2.45) is 12.8 Å². The number of fused-ring (bicyclic) bond motifs is 1. The van der Waals surface area contributed by atoms with Gasteiger partial charge in [-0.05, 0) is 62.2 Å². The van der Waals surface area contributed by atoms with Gasteiger partial charge >= 0.3 is 6.09 Å². The highest BCUT2D eigenvalue weighted by Gasteiger charge is 2.25. The maximum Gasteiger partial charge on any atom is 0.410 e. The maximum absolute atomic E-state index is 11.2. The highest BCUT2D eigenvalue weighted by Crippen LogP contribution is 2.32. The summed E-state index contributed by atoms with van der Waals surface area (Å²) >= 11 is 5.96. The predicted molar refractivity (Wildman–Crippen MR) is 114 cm³/mol. The topological polar surface area (TPSA) is 73.4 Å². The van der Waals surface area contributed by atoms with E-state index in [0.717, 1.165) is 55.3 Å². The second-order valence-electron chi connectivity index (χ2n) is 7.57. The van der Waals surface area contributed by atoms with E-state index >= 15 is 0 Å².